The Morgan fingerprint density at radius 3 is 2.67 bits per heavy atom. The van der Waals surface area contributed by atoms with E-state index >= 15 is 0 Å². The van der Waals surface area contributed by atoms with Crippen LogP contribution in [0.5, 0.6) is 0 Å². The van der Waals surface area contributed by atoms with Crippen molar-refractivity contribution in [2.24, 2.45) is 0 Å². The maximum atomic E-state index is 11.6. The minimum atomic E-state index is -3.53. The maximum Gasteiger partial charge on any atom is 0.273 e. The van der Waals surface area contributed by atoms with Gasteiger partial charge in [-0.2, -0.15) is 0 Å². The van der Waals surface area contributed by atoms with Crippen LogP contribution in [0, 0.1) is 0 Å². The van der Waals surface area contributed by atoms with Crippen molar-refractivity contribution < 1.29 is 12.8 Å². The number of furan rings is 1. The highest BCUT2D eigenvalue weighted by atomic mass is 79.9. The van der Waals surface area contributed by atoms with E-state index in [0.29, 0.717) is 12.3 Å². The molecule has 21 heavy (non-hydrogen) atoms. The summed E-state index contributed by atoms with van der Waals surface area (Å²) >= 11 is 3.45. The first-order valence-corrected chi connectivity index (χ1v) is 8.78. The van der Waals surface area contributed by atoms with E-state index in [1.54, 1.807) is 6.07 Å². The number of hydrogen-bond acceptors (Lipinski definition) is 4. The second kappa shape index (κ2) is 6.64. The molecule has 1 aromatic heterocycles. The molecule has 0 amide bonds. The molecule has 0 aliphatic rings. The van der Waals surface area contributed by atoms with Gasteiger partial charge in [-0.05, 0) is 49.4 Å². The third-order valence-corrected chi connectivity index (χ3v) is 4.85. The zero-order valence-corrected chi connectivity index (χ0v) is 14.2. The molecule has 0 saturated carbocycles. The van der Waals surface area contributed by atoms with Gasteiger partial charge in [-0.3, -0.25) is 0 Å². The number of halogens is 1. The van der Waals surface area contributed by atoms with E-state index in [0.717, 1.165) is 16.6 Å². The van der Waals surface area contributed by atoms with Crippen LogP contribution in [-0.2, 0) is 23.0 Å². The number of sulfonamides is 1. The predicted octanol–water partition coefficient (Wildman–Crippen LogP) is 3.12. The van der Waals surface area contributed by atoms with Gasteiger partial charge in [0.25, 0.3) is 10.0 Å². The molecular weight excluding hydrogens is 356 g/mol. The molecule has 0 radical (unpaired) electrons. The predicted molar refractivity (Wildman–Crippen MR) is 85.8 cm³/mol. The Balaban J connectivity index is 2.11. The van der Waals surface area contributed by atoms with E-state index in [2.05, 4.69) is 39.0 Å². The van der Waals surface area contributed by atoms with E-state index in [-0.39, 0.29) is 5.09 Å². The van der Waals surface area contributed by atoms with E-state index in [1.807, 2.05) is 12.1 Å². The van der Waals surface area contributed by atoms with Gasteiger partial charge in [-0.1, -0.05) is 22.9 Å². The molecule has 1 aromatic carbocycles. The van der Waals surface area contributed by atoms with Crippen molar-refractivity contribution in [3.8, 4) is 0 Å². The van der Waals surface area contributed by atoms with E-state index in [1.165, 1.54) is 18.7 Å². The molecule has 0 aliphatic carbocycles. The molecule has 5 nitrogen and oxygen atoms in total. The summed E-state index contributed by atoms with van der Waals surface area (Å²) in [6.45, 7) is 2.51. The minimum absolute atomic E-state index is 0.0756. The highest BCUT2D eigenvalue weighted by Gasteiger charge is 2.16. The summed E-state index contributed by atoms with van der Waals surface area (Å²) in [5.41, 5.74) is 2.19. The van der Waals surface area contributed by atoms with Crippen LogP contribution < -0.4 is 10.0 Å². The fraction of sp³-hybridized carbons (Fsp3) is 0.286. The molecule has 0 unspecified atom stereocenters. The second-order valence-corrected chi connectivity index (χ2v) is 7.17. The second-order valence-electron chi connectivity index (χ2n) is 4.44. The monoisotopic (exact) mass is 372 g/mol. The number of nitrogens with one attached hydrogen (secondary N) is 2. The third-order valence-electron chi connectivity index (χ3n) is 3.07. The molecule has 0 spiro atoms. The van der Waals surface area contributed by atoms with Crippen LogP contribution in [0.15, 0.2) is 44.3 Å². The van der Waals surface area contributed by atoms with Crippen molar-refractivity contribution in [3.63, 3.8) is 0 Å². The van der Waals surface area contributed by atoms with Gasteiger partial charge in [0.05, 0.1) is 6.54 Å². The Morgan fingerprint density at radius 1 is 1.24 bits per heavy atom. The lowest BCUT2D eigenvalue weighted by atomic mass is 10.1. The van der Waals surface area contributed by atoms with E-state index < -0.39 is 10.0 Å². The third kappa shape index (κ3) is 3.87. The molecule has 7 heteroatoms. The SMILES string of the molecule is CCc1cc(Br)ccc1NCc1ccc(S(=O)(=O)NC)o1. The fourth-order valence-corrected chi connectivity index (χ4v) is 2.98. The van der Waals surface area contributed by atoms with Crippen LogP contribution in [0.25, 0.3) is 0 Å². The van der Waals surface area contributed by atoms with Crippen LogP contribution in [0.1, 0.15) is 18.2 Å². The van der Waals surface area contributed by atoms with Crippen molar-refractivity contribution in [3.05, 3.63) is 46.1 Å². The topological polar surface area (TPSA) is 71.3 Å². The molecule has 0 aliphatic heterocycles. The summed E-state index contributed by atoms with van der Waals surface area (Å²) in [6.07, 6.45) is 0.902. The van der Waals surface area contributed by atoms with Crippen molar-refractivity contribution in [1.29, 1.82) is 0 Å². The molecule has 1 heterocycles. The Morgan fingerprint density at radius 2 is 2.00 bits per heavy atom. The van der Waals surface area contributed by atoms with E-state index in [4.69, 9.17) is 4.42 Å². The number of benzene rings is 1. The van der Waals surface area contributed by atoms with E-state index in [9.17, 15) is 8.42 Å². The molecule has 0 fully saturated rings. The quantitative estimate of drug-likeness (QED) is 0.816. The molecule has 0 saturated heterocycles. The van der Waals surface area contributed by atoms with Crippen molar-refractivity contribution in [2.45, 2.75) is 25.0 Å². The molecule has 2 N–H and O–H groups in total. The van der Waals surface area contributed by atoms with Gasteiger partial charge in [-0.25, -0.2) is 13.1 Å². The largest absolute Gasteiger partial charge is 0.446 e. The van der Waals surface area contributed by atoms with Gasteiger partial charge < -0.3 is 9.73 Å². The van der Waals surface area contributed by atoms with Crippen LogP contribution in [-0.4, -0.2) is 15.5 Å². The first-order valence-electron chi connectivity index (χ1n) is 6.51. The molecule has 2 rings (SSSR count). The zero-order chi connectivity index (χ0) is 15.5. The van der Waals surface area contributed by atoms with Gasteiger partial charge in [0.2, 0.25) is 5.09 Å². The van der Waals surface area contributed by atoms with Crippen LogP contribution in [0.4, 0.5) is 5.69 Å². The zero-order valence-electron chi connectivity index (χ0n) is 11.8. The summed E-state index contributed by atoms with van der Waals surface area (Å²) in [5.74, 6) is 0.564. The van der Waals surface area contributed by atoms with Gasteiger partial charge in [0, 0.05) is 10.2 Å². The lowest BCUT2D eigenvalue weighted by Gasteiger charge is -2.10. The van der Waals surface area contributed by atoms with Gasteiger partial charge in [0.1, 0.15) is 5.76 Å². The summed E-state index contributed by atoms with van der Waals surface area (Å²) < 4.78 is 31.8. The van der Waals surface area contributed by atoms with Gasteiger partial charge >= 0.3 is 0 Å². The van der Waals surface area contributed by atoms with Crippen molar-refractivity contribution >= 4 is 31.6 Å². The molecular formula is C14H17BrN2O3S. The highest BCUT2D eigenvalue weighted by Crippen LogP contribution is 2.22. The first kappa shape index (κ1) is 16.1. The summed E-state index contributed by atoms with van der Waals surface area (Å²) in [5, 5.41) is 3.19. The van der Waals surface area contributed by atoms with Crippen molar-refractivity contribution in [2.75, 3.05) is 12.4 Å². The Hall–Kier alpha value is -1.31. The average Bonchev–Trinajstić information content (AvgIpc) is 2.95. The fourth-order valence-electron chi connectivity index (χ4n) is 1.91. The van der Waals surface area contributed by atoms with Gasteiger partial charge in [-0.15, -0.1) is 0 Å². The van der Waals surface area contributed by atoms with Crippen LogP contribution in [0.3, 0.4) is 0 Å². The molecule has 0 atom stereocenters. The standard InChI is InChI=1S/C14H17BrN2O3S/c1-3-10-8-11(15)4-6-13(10)17-9-12-5-7-14(20-12)21(18,19)16-2/h4-8,16-17H,3,9H2,1-2H3. The maximum absolute atomic E-state index is 11.6. The number of anilines is 1. The summed E-state index contributed by atoms with van der Waals surface area (Å²) in [7, 11) is -2.18. The molecule has 2 aromatic rings. The van der Waals surface area contributed by atoms with Crippen molar-refractivity contribution in [1.82, 2.24) is 4.72 Å². The average molecular weight is 373 g/mol. The molecule has 0 bridgehead atoms. The minimum Gasteiger partial charge on any atom is -0.446 e. The highest BCUT2D eigenvalue weighted by molar-refractivity contribution is 9.10. The van der Waals surface area contributed by atoms with Gasteiger partial charge in [0.15, 0.2) is 0 Å². The normalized spacial score (nSPS) is 11.6. The smallest absolute Gasteiger partial charge is 0.273 e. The Bertz CT molecular complexity index is 726. The summed E-state index contributed by atoms with van der Waals surface area (Å²) in [6, 6.07) is 9.10. The Labute approximate surface area is 132 Å². The number of rotatable bonds is 6. The summed E-state index contributed by atoms with van der Waals surface area (Å²) in [4.78, 5) is 0. The lowest BCUT2D eigenvalue weighted by molar-refractivity contribution is 0.417. The first-order chi connectivity index (χ1) is 9.96. The van der Waals surface area contributed by atoms with Crippen LogP contribution in [0.2, 0.25) is 0 Å². The molecule has 114 valence electrons. The van der Waals surface area contributed by atoms with Crippen LogP contribution >= 0.6 is 15.9 Å². The number of hydrogen-bond donors (Lipinski definition) is 2. The number of aryl methyl sites for hydroxylation is 1. The lowest BCUT2D eigenvalue weighted by Crippen LogP contribution is -2.17. The Kier molecular flexibility index (Phi) is 5.08.